The highest BCUT2D eigenvalue weighted by Gasteiger charge is 2.13. The maximum atomic E-state index is 13.4. The second-order valence-electron chi connectivity index (χ2n) is 3.89. The smallest absolute Gasteiger partial charge is 0.319 e. The zero-order valence-electron chi connectivity index (χ0n) is 10.5. The first-order valence-corrected chi connectivity index (χ1v) is 7.46. The first-order valence-electron chi connectivity index (χ1n) is 5.69. The second kappa shape index (κ2) is 8.24. The van der Waals surface area contributed by atoms with E-state index in [0.717, 1.165) is 0 Å². The normalized spacial score (nSPS) is 12.0. The number of hydrogen-bond donors (Lipinski definition) is 3. The minimum absolute atomic E-state index is 0.0168. The molecule has 0 aliphatic rings. The number of aliphatic hydroxyl groups is 1. The number of carbonyl (C=O) groups is 1. The monoisotopic (exact) mass is 306 g/mol. The summed E-state index contributed by atoms with van der Waals surface area (Å²) in [5.74, 6) is 0.120. The molecule has 1 rings (SSSR count). The molecular formula is C12H16ClFN2O2S. The van der Waals surface area contributed by atoms with Gasteiger partial charge in [-0.3, -0.25) is 0 Å². The third-order valence-electron chi connectivity index (χ3n) is 2.36. The number of urea groups is 1. The summed E-state index contributed by atoms with van der Waals surface area (Å²) in [5, 5.41) is 14.3. The Morgan fingerprint density at radius 2 is 2.32 bits per heavy atom. The lowest BCUT2D eigenvalue weighted by Crippen LogP contribution is -2.40. The summed E-state index contributed by atoms with van der Waals surface area (Å²) in [5.41, 5.74) is 0.0249. The molecule has 2 amide bonds. The Labute approximate surface area is 120 Å². The fourth-order valence-electron chi connectivity index (χ4n) is 1.49. The molecule has 0 bridgehead atoms. The molecule has 106 valence electrons. The average molecular weight is 307 g/mol. The van der Waals surface area contributed by atoms with Gasteiger partial charge in [0.05, 0.1) is 5.69 Å². The molecule has 1 aromatic rings. The summed E-state index contributed by atoms with van der Waals surface area (Å²) in [7, 11) is 0. The maximum absolute atomic E-state index is 13.4. The van der Waals surface area contributed by atoms with E-state index < -0.39 is 11.8 Å². The van der Waals surface area contributed by atoms with Gasteiger partial charge in [0.15, 0.2) is 0 Å². The highest BCUT2D eigenvalue weighted by Crippen LogP contribution is 2.19. The number of thioether (sulfide) groups is 1. The summed E-state index contributed by atoms with van der Waals surface area (Å²) in [6.07, 6.45) is 2.35. The van der Waals surface area contributed by atoms with Gasteiger partial charge in [-0.25, -0.2) is 9.18 Å². The highest BCUT2D eigenvalue weighted by atomic mass is 35.5. The summed E-state index contributed by atoms with van der Waals surface area (Å²) >= 11 is 7.29. The number of rotatable bonds is 6. The Balaban J connectivity index is 2.60. The van der Waals surface area contributed by atoms with Gasteiger partial charge in [0.25, 0.3) is 0 Å². The predicted molar refractivity (Wildman–Crippen MR) is 77.4 cm³/mol. The lowest BCUT2D eigenvalue weighted by Gasteiger charge is -2.17. The molecule has 0 aliphatic carbocycles. The van der Waals surface area contributed by atoms with Crippen LogP contribution in [0.3, 0.4) is 0 Å². The lowest BCUT2D eigenvalue weighted by molar-refractivity contribution is 0.241. The van der Waals surface area contributed by atoms with Crippen molar-refractivity contribution in [2.75, 3.05) is 23.9 Å². The number of halogens is 2. The molecule has 19 heavy (non-hydrogen) atoms. The molecule has 7 heteroatoms. The second-order valence-corrected chi connectivity index (χ2v) is 5.23. The highest BCUT2D eigenvalue weighted by molar-refractivity contribution is 7.98. The van der Waals surface area contributed by atoms with E-state index in [1.807, 2.05) is 6.26 Å². The largest absolute Gasteiger partial charge is 0.396 e. The van der Waals surface area contributed by atoms with Crippen LogP contribution in [0, 0.1) is 5.82 Å². The molecule has 4 nitrogen and oxygen atoms in total. The first kappa shape index (κ1) is 16.1. The van der Waals surface area contributed by atoms with E-state index in [4.69, 9.17) is 16.7 Å². The Hall–Kier alpha value is -0.980. The summed E-state index contributed by atoms with van der Waals surface area (Å²) in [4.78, 5) is 11.7. The first-order chi connectivity index (χ1) is 9.06. The van der Waals surface area contributed by atoms with Crippen molar-refractivity contribution in [2.45, 2.75) is 12.5 Å². The van der Waals surface area contributed by atoms with Gasteiger partial charge < -0.3 is 15.7 Å². The molecule has 0 saturated heterocycles. The van der Waals surface area contributed by atoms with Crippen LogP contribution in [-0.2, 0) is 0 Å². The molecule has 0 radical (unpaired) electrons. The Kier molecular flexibility index (Phi) is 6.97. The molecule has 0 spiro atoms. The summed E-state index contributed by atoms with van der Waals surface area (Å²) in [6, 6.07) is 3.25. The van der Waals surface area contributed by atoms with Crippen LogP contribution in [0.15, 0.2) is 18.2 Å². The molecular weight excluding hydrogens is 291 g/mol. The Bertz CT molecular complexity index is 428. The van der Waals surface area contributed by atoms with Crippen LogP contribution in [0.4, 0.5) is 14.9 Å². The van der Waals surface area contributed by atoms with Crippen molar-refractivity contribution >= 4 is 35.1 Å². The standard InChI is InChI=1S/C12H16ClFN2O2S/c1-19-7-9(4-5-17)15-12(18)16-11-6-8(13)2-3-10(11)14/h2-3,6,9,17H,4-5,7H2,1H3,(H2,15,16,18). The van der Waals surface area contributed by atoms with Crippen molar-refractivity contribution in [1.82, 2.24) is 5.32 Å². The van der Waals surface area contributed by atoms with Gasteiger partial charge in [-0.2, -0.15) is 11.8 Å². The summed E-state index contributed by atoms with van der Waals surface area (Å²) in [6.45, 7) is -0.0168. The van der Waals surface area contributed by atoms with Crippen LogP contribution < -0.4 is 10.6 Å². The summed E-state index contributed by atoms with van der Waals surface area (Å²) < 4.78 is 13.4. The van der Waals surface area contributed by atoms with Crippen LogP contribution in [0.5, 0.6) is 0 Å². The molecule has 0 saturated carbocycles. The fourth-order valence-corrected chi connectivity index (χ4v) is 2.32. The Morgan fingerprint density at radius 3 is 2.95 bits per heavy atom. The van der Waals surface area contributed by atoms with Crippen molar-refractivity contribution < 1.29 is 14.3 Å². The molecule has 0 fully saturated rings. The third-order valence-corrected chi connectivity index (χ3v) is 3.33. The molecule has 1 aromatic carbocycles. The number of nitrogens with one attached hydrogen (secondary N) is 2. The fraction of sp³-hybridized carbons (Fsp3) is 0.417. The molecule has 1 atom stereocenters. The molecule has 1 unspecified atom stereocenters. The molecule has 0 aliphatic heterocycles. The van der Waals surface area contributed by atoms with E-state index in [9.17, 15) is 9.18 Å². The van der Waals surface area contributed by atoms with Crippen molar-refractivity contribution in [3.63, 3.8) is 0 Å². The van der Waals surface area contributed by atoms with E-state index in [1.165, 1.54) is 18.2 Å². The number of carbonyl (C=O) groups excluding carboxylic acids is 1. The average Bonchev–Trinajstić information content (AvgIpc) is 2.34. The van der Waals surface area contributed by atoms with E-state index in [0.29, 0.717) is 17.2 Å². The minimum Gasteiger partial charge on any atom is -0.396 e. The quantitative estimate of drug-likeness (QED) is 0.757. The van der Waals surface area contributed by atoms with Crippen molar-refractivity contribution in [3.8, 4) is 0 Å². The third kappa shape index (κ3) is 5.67. The van der Waals surface area contributed by atoms with Crippen LogP contribution >= 0.6 is 23.4 Å². The topological polar surface area (TPSA) is 61.4 Å². The van der Waals surface area contributed by atoms with Gasteiger partial charge in [-0.05, 0) is 30.9 Å². The zero-order chi connectivity index (χ0) is 14.3. The van der Waals surface area contributed by atoms with Crippen LogP contribution in [0.25, 0.3) is 0 Å². The van der Waals surface area contributed by atoms with Crippen LogP contribution in [0.1, 0.15) is 6.42 Å². The van der Waals surface area contributed by atoms with Gasteiger partial charge in [0, 0.05) is 23.4 Å². The number of anilines is 1. The van der Waals surface area contributed by atoms with Crippen molar-refractivity contribution in [2.24, 2.45) is 0 Å². The van der Waals surface area contributed by atoms with Gasteiger partial charge >= 0.3 is 6.03 Å². The zero-order valence-corrected chi connectivity index (χ0v) is 12.0. The molecule has 0 aromatic heterocycles. The van der Waals surface area contributed by atoms with Gasteiger partial charge in [0.1, 0.15) is 5.82 Å². The maximum Gasteiger partial charge on any atom is 0.319 e. The molecule has 0 heterocycles. The van der Waals surface area contributed by atoms with E-state index in [1.54, 1.807) is 11.8 Å². The number of aliphatic hydroxyl groups excluding tert-OH is 1. The van der Waals surface area contributed by atoms with Crippen molar-refractivity contribution in [3.05, 3.63) is 29.0 Å². The van der Waals surface area contributed by atoms with E-state index in [-0.39, 0.29) is 18.3 Å². The SMILES string of the molecule is CSCC(CCO)NC(=O)Nc1cc(Cl)ccc1F. The van der Waals surface area contributed by atoms with Gasteiger partial charge in [-0.15, -0.1) is 0 Å². The molecule has 3 N–H and O–H groups in total. The predicted octanol–water partition coefficient (Wildman–Crippen LogP) is 2.71. The lowest BCUT2D eigenvalue weighted by atomic mass is 10.2. The van der Waals surface area contributed by atoms with Gasteiger partial charge in [-0.1, -0.05) is 11.6 Å². The minimum atomic E-state index is -0.553. The number of amides is 2. The van der Waals surface area contributed by atoms with Crippen LogP contribution in [0.2, 0.25) is 5.02 Å². The van der Waals surface area contributed by atoms with E-state index >= 15 is 0 Å². The van der Waals surface area contributed by atoms with Crippen molar-refractivity contribution in [1.29, 1.82) is 0 Å². The Morgan fingerprint density at radius 1 is 1.58 bits per heavy atom. The van der Waals surface area contributed by atoms with Gasteiger partial charge in [0.2, 0.25) is 0 Å². The number of hydrogen-bond acceptors (Lipinski definition) is 3. The van der Waals surface area contributed by atoms with Crippen LogP contribution in [-0.4, -0.2) is 35.8 Å². The number of benzene rings is 1. The van der Waals surface area contributed by atoms with E-state index in [2.05, 4.69) is 10.6 Å².